The van der Waals surface area contributed by atoms with Gasteiger partial charge in [0.15, 0.2) is 0 Å². The highest BCUT2D eigenvalue weighted by Crippen LogP contribution is 2.17. The lowest BCUT2D eigenvalue weighted by Gasteiger charge is -2.01. The van der Waals surface area contributed by atoms with Crippen LogP contribution in [0, 0.1) is 5.82 Å². The second kappa shape index (κ2) is 4.67. The monoisotopic (exact) mass is 301 g/mol. The fourth-order valence-corrected chi connectivity index (χ4v) is 1.72. The van der Waals surface area contributed by atoms with Crippen molar-refractivity contribution in [2.45, 2.75) is 0 Å². The topological polar surface area (TPSA) is 54.9 Å². The maximum absolute atomic E-state index is 13.2. The molecule has 16 heavy (non-hydrogen) atoms. The average Bonchev–Trinajstić information content (AvgIpc) is 2.74. The fourth-order valence-electron chi connectivity index (χ4n) is 1.03. The lowest BCUT2D eigenvalue weighted by molar-refractivity contribution is 0.102. The van der Waals surface area contributed by atoms with Gasteiger partial charge in [-0.15, -0.1) is 10.2 Å². The smallest absolute Gasteiger partial charge is 0.257 e. The molecule has 1 heterocycles. The highest BCUT2D eigenvalue weighted by atomic mass is 79.9. The van der Waals surface area contributed by atoms with Crippen LogP contribution in [-0.2, 0) is 0 Å². The van der Waals surface area contributed by atoms with Crippen molar-refractivity contribution in [2.75, 3.05) is 5.32 Å². The predicted octanol–water partition coefficient (Wildman–Crippen LogP) is 2.69. The number of carbonyl (C=O) groups is 1. The predicted molar refractivity (Wildman–Crippen MR) is 62.0 cm³/mol. The Morgan fingerprint density at radius 1 is 1.50 bits per heavy atom. The van der Waals surface area contributed by atoms with Gasteiger partial charge in [-0.25, -0.2) is 4.39 Å². The summed E-state index contributed by atoms with van der Waals surface area (Å²) in [6.07, 6.45) is 0. The molecule has 0 saturated heterocycles. The van der Waals surface area contributed by atoms with Crippen LogP contribution in [0.15, 0.2) is 28.2 Å². The standard InChI is InChI=1S/C9H5BrFN3OS/c10-6-2-1-5(3-7(6)11)8(15)13-9-14-12-4-16-9/h1-4H,(H,13,14,15). The minimum absolute atomic E-state index is 0.232. The van der Waals surface area contributed by atoms with Gasteiger partial charge in [0, 0.05) is 5.56 Å². The van der Waals surface area contributed by atoms with Crippen molar-refractivity contribution in [2.24, 2.45) is 0 Å². The average molecular weight is 302 g/mol. The van der Waals surface area contributed by atoms with Gasteiger partial charge in [0.1, 0.15) is 11.3 Å². The number of nitrogens with zero attached hydrogens (tertiary/aromatic N) is 2. The van der Waals surface area contributed by atoms with E-state index in [9.17, 15) is 9.18 Å². The molecule has 1 amide bonds. The van der Waals surface area contributed by atoms with Gasteiger partial charge >= 0.3 is 0 Å². The molecule has 1 aromatic carbocycles. The number of rotatable bonds is 2. The molecule has 82 valence electrons. The van der Waals surface area contributed by atoms with E-state index in [1.165, 1.54) is 29.0 Å². The molecule has 0 saturated carbocycles. The minimum Gasteiger partial charge on any atom is -0.296 e. The molecule has 2 aromatic rings. The molecule has 0 unspecified atom stereocenters. The van der Waals surface area contributed by atoms with Gasteiger partial charge in [-0.1, -0.05) is 11.3 Å². The number of benzene rings is 1. The van der Waals surface area contributed by atoms with Crippen molar-refractivity contribution in [3.63, 3.8) is 0 Å². The summed E-state index contributed by atoms with van der Waals surface area (Å²) in [7, 11) is 0. The van der Waals surface area contributed by atoms with E-state index in [4.69, 9.17) is 0 Å². The lowest BCUT2D eigenvalue weighted by Crippen LogP contribution is -2.11. The number of hydrogen-bond acceptors (Lipinski definition) is 4. The zero-order valence-corrected chi connectivity index (χ0v) is 10.2. The molecule has 7 heteroatoms. The van der Waals surface area contributed by atoms with Crippen molar-refractivity contribution in [3.8, 4) is 0 Å². The molecule has 0 radical (unpaired) electrons. The number of anilines is 1. The van der Waals surface area contributed by atoms with Gasteiger partial charge in [0.2, 0.25) is 5.13 Å². The molecule has 0 aliphatic heterocycles. The van der Waals surface area contributed by atoms with Gasteiger partial charge in [-0.05, 0) is 34.1 Å². The van der Waals surface area contributed by atoms with Gasteiger partial charge in [-0.2, -0.15) is 0 Å². The highest BCUT2D eigenvalue weighted by molar-refractivity contribution is 9.10. The van der Waals surface area contributed by atoms with Gasteiger partial charge < -0.3 is 0 Å². The molecular formula is C9H5BrFN3OS. The van der Waals surface area contributed by atoms with Crippen LogP contribution in [0.4, 0.5) is 9.52 Å². The molecule has 4 nitrogen and oxygen atoms in total. The minimum atomic E-state index is -0.482. The SMILES string of the molecule is O=C(Nc1nncs1)c1ccc(Br)c(F)c1. The number of halogens is 2. The Labute approximate surface area is 103 Å². The second-order valence-electron chi connectivity index (χ2n) is 2.83. The largest absolute Gasteiger partial charge is 0.296 e. The first kappa shape index (κ1) is 11.2. The van der Waals surface area contributed by atoms with Crippen LogP contribution in [0.25, 0.3) is 0 Å². The molecule has 0 atom stereocenters. The Morgan fingerprint density at radius 2 is 2.31 bits per heavy atom. The van der Waals surface area contributed by atoms with Crippen molar-refractivity contribution in [3.05, 3.63) is 39.6 Å². The third-order valence-electron chi connectivity index (χ3n) is 1.76. The van der Waals surface area contributed by atoms with Crippen molar-refractivity contribution in [1.29, 1.82) is 0 Å². The van der Waals surface area contributed by atoms with Gasteiger partial charge in [0.05, 0.1) is 4.47 Å². The molecule has 0 aliphatic rings. The first-order valence-electron chi connectivity index (χ1n) is 4.19. The summed E-state index contributed by atoms with van der Waals surface area (Å²) < 4.78 is 13.5. The van der Waals surface area contributed by atoms with Crippen LogP contribution in [0.3, 0.4) is 0 Å². The van der Waals surface area contributed by atoms with E-state index in [-0.39, 0.29) is 5.56 Å². The molecule has 1 aromatic heterocycles. The van der Waals surface area contributed by atoms with Crippen LogP contribution in [0.1, 0.15) is 10.4 Å². The van der Waals surface area contributed by atoms with Gasteiger partial charge in [0.25, 0.3) is 5.91 Å². The fraction of sp³-hybridized carbons (Fsp3) is 0. The van der Waals surface area contributed by atoms with Crippen molar-refractivity contribution in [1.82, 2.24) is 10.2 Å². The van der Waals surface area contributed by atoms with E-state index in [0.717, 1.165) is 6.07 Å². The second-order valence-corrected chi connectivity index (χ2v) is 4.51. The van der Waals surface area contributed by atoms with E-state index in [1.807, 2.05) is 0 Å². The van der Waals surface area contributed by atoms with E-state index < -0.39 is 11.7 Å². The van der Waals surface area contributed by atoms with E-state index in [1.54, 1.807) is 0 Å². The lowest BCUT2D eigenvalue weighted by atomic mass is 10.2. The van der Waals surface area contributed by atoms with Crippen LogP contribution in [-0.4, -0.2) is 16.1 Å². The van der Waals surface area contributed by atoms with Crippen molar-refractivity contribution < 1.29 is 9.18 Å². The van der Waals surface area contributed by atoms with E-state index >= 15 is 0 Å². The third kappa shape index (κ3) is 2.42. The molecule has 0 spiro atoms. The number of carbonyl (C=O) groups excluding carboxylic acids is 1. The molecule has 1 N–H and O–H groups in total. The summed E-state index contributed by atoms with van der Waals surface area (Å²) in [5, 5.41) is 10.1. The first-order valence-corrected chi connectivity index (χ1v) is 5.86. The first-order chi connectivity index (χ1) is 7.66. The summed E-state index contributed by atoms with van der Waals surface area (Å²) in [4.78, 5) is 11.6. The van der Waals surface area contributed by atoms with Crippen LogP contribution >= 0.6 is 27.3 Å². The Balaban J connectivity index is 2.18. The van der Waals surface area contributed by atoms with Crippen LogP contribution in [0.5, 0.6) is 0 Å². The maximum atomic E-state index is 13.2. The number of hydrogen-bond donors (Lipinski definition) is 1. The molecule has 0 fully saturated rings. The van der Waals surface area contributed by atoms with Crippen molar-refractivity contribution >= 4 is 38.3 Å². The Morgan fingerprint density at radius 3 is 2.94 bits per heavy atom. The maximum Gasteiger partial charge on any atom is 0.257 e. The molecular weight excluding hydrogens is 297 g/mol. The van der Waals surface area contributed by atoms with Crippen LogP contribution in [0.2, 0.25) is 0 Å². The Bertz CT molecular complexity index is 517. The van der Waals surface area contributed by atoms with E-state index in [2.05, 4.69) is 31.4 Å². The van der Waals surface area contributed by atoms with Gasteiger partial charge in [-0.3, -0.25) is 10.1 Å². The quantitative estimate of drug-likeness (QED) is 0.928. The molecule has 2 rings (SSSR count). The zero-order chi connectivity index (χ0) is 11.5. The molecule has 0 bridgehead atoms. The highest BCUT2D eigenvalue weighted by Gasteiger charge is 2.10. The normalized spacial score (nSPS) is 10.1. The summed E-state index contributed by atoms with van der Waals surface area (Å²) >= 11 is 4.21. The van der Waals surface area contributed by atoms with Crippen LogP contribution < -0.4 is 5.32 Å². The van der Waals surface area contributed by atoms with E-state index in [0.29, 0.717) is 9.60 Å². The summed E-state index contributed by atoms with van der Waals surface area (Å²) in [5.74, 6) is -0.895. The summed E-state index contributed by atoms with van der Waals surface area (Å²) in [6.45, 7) is 0. The summed E-state index contributed by atoms with van der Waals surface area (Å²) in [5.41, 5.74) is 1.73. The molecule has 0 aliphatic carbocycles. The number of nitrogens with one attached hydrogen (secondary N) is 1. The Kier molecular flexibility index (Phi) is 3.25. The number of amides is 1. The number of aromatic nitrogens is 2. The zero-order valence-electron chi connectivity index (χ0n) is 7.78. The third-order valence-corrected chi connectivity index (χ3v) is 3.01. The Hall–Kier alpha value is -1.34. The summed E-state index contributed by atoms with van der Waals surface area (Å²) in [6, 6.07) is 4.15.